The molecule has 1 aliphatic heterocycles. The lowest BCUT2D eigenvalue weighted by molar-refractivity contribution is 0.170. The summed E-state index contributed by atoms with van der Waals surface area (Å²) in [5.41, 5.74) is 0.424. The molecule has 0 spiro atoms. The van der Waals surface area contributed by atoms with Gasteiger partial charge in [0.2, 0.25) is 0 Å². The molecule has 2 nitrogen and oxygen atoms in total. The molecule has 1 heterocycles. The third-order valence-electron chi connectivity index (χ3n) is 2.52. The minimum Gasteiger partial charge on any atom is -0.381 e. The van der Waals surface area contributed by atoms with Gasteiger partial charge in [0.25, 0.3) is 0 Å². The Balaban J connectivity index is 0.00000144. The smallest absolute Gasteiger partial charge is 0.0495 e. The highest BCUT2D eigenvalue weighted by Gasteiger charge is 2.25. The second kappa shape index (κ2) is 5.84. The predicted octanol–water partition coefficient (Wildman–Crippen LogP) is 2.08. The van der Waals surface area contributed by atoms with Gasteiger partial charge < -0.3 is 10.1 Å². The van der Waals surface area contributed by atoms with E-state index in [4.69, 9.17) is 4.74 Å². The third-order valence-corrected chi connectivity index (χ3v) is 2.52. The van der Waals surface area contributed by atoms with E-state index in [1.807, 2.05) is 7.05 Å². The van der Waals surface area contributed by atoms with E-state index in [0.29, 0.717) is 5.41 Å². The average molecular weight is 208 g/mol. The van der Waals surface area contributed by atoms with Gasteiger partial charge in [-0.05, 0) is 37.8 Å². The second-order valence-corrected chi connectivity index (χ2v) is 4.63. The summed E-state index contributed by atoms with van der Waals surface area (Å²) >= 11 is 0. The minimum absolute atomic E-state index is 0. The lowest BCUT2D eigenvalue weighted by Gasteiger charge is -2.26. The van der Waals surface area contributed by atoms with Gasteiger partial charge in [-0.3, -0.25) is 0 Å². The summed E-state index contributed by atoms with van der Waals surface area (Å²) in [6.07, 6.45) is 2.54. The molecule has 1 rings (SSSR count). The van der Waals surface area contributed by atoms with Crippen molar-refractivity contribution >= 4 is 12.4 Å². The van der Waals surface area contributed by atoms with Gasteiger partial charge in [-0.1, -0.05) is 13.8 Å². The van der Waals surface area contributed by atoms with Crippen molar-refractivity contribution in [2.24, 2.45) is 11.3 Å². The van der Waals surface area contributed by atoms with Gasteiger partial charge in [0.05, 0.1) is 0 Å². The molecular formula is C10H22ClNO. The highest BCUT2D eigenvalue weighted by Crippen LogP contribution is 2.29. The van der Waals surface area contributed by atoms with Crippen LogP contribution < -0.4 is 5.32 Å². The Hall–Kier alpha value is 0.210. The first-order valence-electron chi connectivity index (χ1n) is 4.86. The maximum Gasteiger partial charge on any atom is 0.0495 e. The summed E-state index contributed by atoms with van der Waals surface area (Å²) in [7, 11) is 2.02. The number of halogens is 1. The summed E-state index contributed by atoms with van der Waals surface area (Å²) < 4.78 is 5.36. The van der Waals surface area contributed by atoms with E-state index >= 15 is 0 Å². The number of nitrogens with one attached hydrogen (secondary N) is 1. The van der Waals surface area contributed by atoms with Crippen LogP contribution in [-0.2, 0) is 4.74 Å². The number of hydrogen-bond acceptors (Lipinski definition) is 2. The fourth-order valence-electron chi connectivity index (χ4n) is 2.08. The Morgan fingerprint density at radius 1 is 1.46 bits per heavy atom. The number of ether oxygens (including phenoxy) is 1. The molecule has 0 aliphatic carbocycles. The van der Waals surface area contributed by atoms with Crippen LogP contribution in [0.2, 0.25) is 0 Å². The maximum atomic E-state index is 5.36. The van der Waals surface area contributed by atoms with Crippen molar-refractivity contribution in [2.75, 3.05) is 26.8 Å². The van der Waals surface area contributed by atoms with Gasteiger partial charge in [-0.15, -0.1) is 12.4 Å². The summed E-state index contributed by atoms with van der Waals surface area (Å²) in [6, 6.07) is 0. The molecule has 0 aromatic carbocycles. The molecular weight excluding hydrogens is 186 g/mol. The Bertz CT molecular complexity index is 133. The molecule has 1 fully saturated rings. The first-order chi connectivity index (χ1) is 5.64. The molecule has 1 N–H and O–H groups in total. The molecule has 13 heavy (non-hydrogen) atoms. The summed E-state index contributed by atoms with van der Waals surface area (Å²) in [5, 5.41) is 3.24. The van der Waals surface area contributed by atoms with Crippen LogP contribution >= 0.6 is 12.4 Å². The Morgan fingerprint density at radius 3 is 2.62 bits per heavy atom. The fourth-order valence-corrected chi connectivity index (χ4v) is 2.08. The molecule has 0 bridgehead atoms. The van der Waals surface area contributed by atoms with Crippen molar-refractivity contribution in [2.45, 2.75) is 26.7 Å². The van der Waals surface area contributed by atoms with Crippen molar-refractivity contribution < 1.29 is 4.74 Å². The van der Waals surface area contributed by atoms with Crippen LogP contribution in [0, 0.1) is 11.3 Å². The Morgan fingerprint density at radius 2 is 2.15 bits per heavy atom. The van der Waals surface area contributed by atoms with E-state index in [9.17, 15) is 0 Å². The summed E-state index contributed by atoms with van der Waals surface area (Å²) in [5.74, 6) is 0.799. The molecule has 0 saturated carbocycles. The van der Waals surface area contributed by atoms with Crippen molar-refractivity contribution in [3.63, 3.8) is 0 Å². The van der Waals surface area contributed by atoms with Crippen molar-refractivity contribution in [3.8, 4) is 0 Å². The molecule has 0 radical (unpaired) electrons. The van der Waals surface area contributed by atoms with Crippen molar-refractivity contribution in [1.29, 1.82) is 0 Å². The van der Waals surface area contributed by atoms with Gasteiger partial charge in [0.15, 0.2) is 0 Å². The molecule has 0 aromatic rings. The third kappa shape index (κ3) is 4.84. The zero-order valence-corrected chi connectivity index (χ0v) is 9.75. The Labute approximate surface area is 87.8 Å². The first-order valence-corrected chi connectivity index (χ1v) is 4.86. The SMILES string of the molecule is CNCC(C)(C)CC1CCOC1.Cl. The molecule has 1 aliphatic rings. The van der Waals surface area contributed by atoms with Crippen LogP contribution in [-0.4, -0.2) is 26.8 Å². The molecule has 80 valence electrons. The summed E-state index contributed by atoms with van der Waals surface area (Å²) in [6.45, 7) is 7.70. The minimum atomic E-state index is 0. The van der Waals surface area contributed by atoms with Gasteiger partial charge in [0, 0.05) is 13.2 Å². The van der Waals surface area contributed by atoms with Gasteiger partial charge in [0.1, 0.15) is 0 Å². The topological polar surface area (TPSA) is 21.3 Å². The predicted molar refractivity (Wildman–Crippen MR) is 58.5 cm³/mol. The molecule has 1 atom stereocenters. The maximum absolute atomic E-state index is 5.36. The van der Waals surface area contributed by atoms with Gasteiger partial charge >= 0.3 is 0 Å². The molecule has 1 unspecified atom stereocenters. The quantitative estimate of drug-likeness (QED) is 0.763. The van der Waals surface area contributed by atoms with E-state index in [0.717, 1.165) is 25.7 Å². The van der Waals surface area contributed by atoms with Crippen LogP contribution in [0.1, 0.15) is 26.7 Å². The largest absolute Gasteiger partial charge is 0.381 e. The highest BCUT2D eigenvalue weighted by atomic mass is 35.5. The molecule has 0 aromatic heterocycles. The number of rotatable bonds is 4. The standard InChI is InChI=1S/C10H21NO.ClH/c1-10(2,8-11-3)6-9-4-5-12-7-9;/h9,11H,4-8H2,1-3H3;1H. The van der Waals surface area contributed by atoms with Crippen LogP contribution in [0.3, 0.4) is 0 Å². The second-order valence-electron chi connectivity index (χ2n) is 4.63. The van der Waals surface area contributed by atoms with E-state index in [-0.39, 0.29) is 12.4 Å². The fraction of sp³-hybridized carbons (Fsp3) is 1.00. The van der Waals surface area contributed by atoms with Crippen LogP contribution in [0.4, 0.5) is 0 Å². The average Bonchev–Trinajstić information content (AvgIpc) is 2.38. The van der Waals surface area contributed by atoms with Gasteiger partial charge in [-0.25, -0.2) is 0 Å². The van der Waals surface area contributed by atoms with E-state index < -0.39 is 0 Å². The van der Waals surface area contributed by atoms with Crippen LogP contribution in [0.25, 0.3) is 0 Å². The normalized spacial score (nSPS) is 22.8. The van der Waals surface area contributed by atoms with Crippen molar-refractivity contribution in [1.82, 2.24) is 5.32 Å². The zero-order chi connectivity index (χ0) is 9.03. The van der Waals surface area contributed by atoms with Gasteiger partial charge in [-0.2, -0.15) is 0 Å². The lowest BCUT2D eigenvalue weighted by atomic mass is 9.82. The zero-order valence-electron chi connectivity index (χ0n) is 8.93. The van der Waals surface area contributed by atoms with Crippen molar-refractivity contribution in [3.05, 3.63) is 0 Å². The first kappa shape index (κ1) is 13.2. The monoisotopic (exact) mass is 207 g/mol. The van der Waals surface area contributed by atoms with E-state index in [2.05, 4.69) is 19.2 Å². The summed E-state index contributed by atoms with van der Waals surface area (Å²) in [4.78, 5) is 0. The van der Waals surface area contributed by atoms with Crippen LogP contribution in [0.5, 0.6) is 0 Å². The number of hydrogen-bond donors (Lipinski definition) is 1. The van der Waals surface area contributed by atoms with E-state index in [1.54, 1.807) is 0 Å². The van der Waals surface area contributed by atoms with E-state index in [1.165, 1.54) is 12.8 Å². The highest BCUT2D eigenvalue weighted by molar-refractivity contribution is 5.85. The molecule has 1 saturated heterocycles. The molecule has 0 amide bonds. The lowest BCUT2D eigenvalue weighted by Crippen LogP contribution is -2.29. The van der Waals surface area contributed by atoms with Crippen LogP contribution in [0.15, 0.2) is 0 Å². The Kier molecular flexibility index (Phi) is 5.93. The molecule has 3 heteroatoms.